The molecule has 0 radical (unpaired) electrons. The lowest BCUT2D eigenvalue weighted by molar-refractivity contribution is -0.127. The Hall–Kier alpha value is -3.95. The van der Waals surface area contributed by atoms with Crippen LogP contribution in [0.4, 0.5) is 0 Å². The van der Waals surface area contributed by atoms with Crippen molar-refractivity contribution in [1.29, 1.82) is 0 Å². The van der Waals surface area contributed by atoms with Crippen LogP contribution >= 0.6 is 27.3 Å². The van der Waals surface area contributed by atoms with Gasteiger partial charge in [0.1, 0.15) is 24.1 Å². The van der Waals surface area contributed by atoms with Crippen molar-refractivity contribution in [3.05, 3.63) is 125 Å². The van der Waals surface area contributed by atoms with E-state index in [1.807, 2.05) is 99.6 Å². The van der Waals surface area contributed by atoms with Crippen molar-refractivity contribution in [3.8, 4) is 11.5 Å². The van der Waals surface area contributed by atoms with Gasteiger partial charge in [-0.25, -0.2) is 4.99 Å². The summed E-state index contributed by atoms with van der Waals surface area (Å²) in [6.45, 7) is 7.30. The summed E-state index contributed by atoms with van der Waals surface area (Å²) >= 11 is 4.76. The molecule has 1 aliphatic rings. The van der Waals surface area contributed by atoms with Gasteiger partial charge in [0.2, 0.25) is 0 Å². The Balaban J connectivity index is 1.53. The molecule has 42 heavy (non-hydrogen) atoms. The van der Waals surface area contributed by atoms with E-state index in [-0.39, 0.29) is 11.5 Å². The Morgan fingerprint density at radius 2 is 1.74 bits per heavy atom. The van der Waals surface area contributed by atoms with Crippen molar-refractivity contribution in [1.82, 2.24) is 9.47 Å². The number of hydrogen-bond donors (Lipinski definition) is 0. The van der Waals surface area contributed by atoms with E-state index < -0.39 is 6.04 Å². The molecule has 216 valence electrons. The van der Waals surface area contributed by atoms with Crippen molar-refractivity contribution in [2.75, 3.05) is 20.2 Å². The Bertz CT molecular complexity index is 1800. The molecule has 9 heteroatoms. The molecule has 0 saturated heterocycles. The number of carbonyl (C=O) groups excluding carboxylic acids is 1. The molecule has 5 rings (SSSR count). The molecule has 0 aliphatic carbocycles. The van der Waals surface area contributed by atoms with Crippen LogP contribution < -0.4 is 24.4 Å². The summed E-state index contributed by atoms with van der Waals surface area (Å²) < 4.78 is 14.8. The molecule has 2 heterocycles. The zero-order valence-electron chi connectivity index (χ0n) is 24.0. The Labute approximate surface area is 257 Å². The summed E-state index contributed by atoms with van der Waals surface area (Å²) in [4.78, 5) is 34.9. The molecule has 0 unspecified atom stereocenters. The van der Waals surface area contributed by atoms with Gasteiger partial charge in [0.15, 0.2) is 4.80 Å². The number of aromatic nitrogens is 1. The number of para-hydroxylation sites is 1. The Morgan fingerprint density at radius 1 is 1.05 bits per heavy atom. The van der Waals surface area contributed by atoms with Crippen molar-refractivity contribution in [3.63, 3.8) is 0 Å². The first-order valence-corrected chi connectivity index (χ1v) is 15.4. The van der Waals surface area contributed by atoms with Crippen LogP contribution in [0.25, 0.3) is 6.08 Å². The summed E-state index contributed by atoms with van der Waals surface area (Å²) in [5.41, 5.74) is 3.55. The molecule has 1 atom stereocenters. The number of hydrogen-bond acceptors (Lipinski definition) is 6. The summed E-state index contributed by atoms with van der Waals surface area (Å²) in [6.07, 6.45) is 1.85. The first kappa shape index (κ1) is 29.5. The fourth-order valence-electron chi connectivity index (χ4n) is 5.02. The van der Waals surface area contributed by atoms with Gasteiger partial charge in [-0.3, -0.25) is 14.2 Å². The molecule has 0 spiro atoms. The first-order chi connectivity index (χ1) is 20.3. The van der Waals surface area contributed by atoms with E-state index in [0.717, 1.165) is 26.9 Å². The van der Waals surface area contributed by atoms with Gasteiger partial charge in [0, 0.05) is 23.1 Å². The van der Waals surface area contributed by atoms with Crippen LogP contribution in [0, 0.1) is 0 Å². The van der Waals surface area contributed by atoms with E-state index in [1.54, 1.807) is 16.6 Å². The third-order valence-electron chi connectivity index (χ3n) is 7.23. The lowest BCUT2D eigenvalue weighted by Gasteiger charge is -2.29. The van der Waals surface area contributed by atoms with Gasteiger partial charge in [-0.05, 0) is 68.3 Å². The minimum Gasteiger partial charge on any atom is -0.496 e. The highest BCUT2D eigenvalue weighted by atomic mass is 79.9. The van der Waals surface area contributed by atoms with Crippen LogP contribution in [0.15, 0.2) is 98.3 Å². The monoisotopic (exact) mass is 645 g/mol. The van der Waals surface area contributed by atoms with Crippen LogP contribution in [-0.4, -0.2) is 35.6 Å². The number of nitrogens with zero attached hydrogens (tertiary/aromatic N) is 3. The summed E-state index contributed by atoms with van der Waals surface area (Å²) in [6, 6.07) is 22.5. The second-order valence-electron chi connectivity index (χ2n) is 9.79. The Kier molecular flexibility index (Phi) is 9.09. The Morgan fingerprint density at radius 3 is 2.40 bits per heavy atom. The van der Waals surface area contributed by atoms with Gasteiger partial charge < -0.3 is 14.4 Å². The van der Waals surface area contributed by atoms with Crippen LogP contribution in [0.2, 0.25) is 0 Å². The molecule has 0 bridgehead atoms. The number of carbonyl (C=O) groups is 1. The number of halogens is 1. The number of ether oxygens (including phenoxy) is 2. The normalized spacial score (nSPS) is 14.8. The van der Waals surface area contributed by atoms with E-state index in [4.69, 9.17) is 14.5 Å². The summed E-state index contributed by atoms with van der Waals surface area (Å²) in [5.74, 6) is 1.21. The largest absolute Gasteiger partial charge is 0.496 e. The molecule has 0 fully saturated rings. The number of allylic oxidation sites excluding steroid dienone is 1. The maximum Gasteiger partial charge on any atom is 0.271 e. The molecule has 0 N–H and O–H groups in total. The van der Waals surface area contributed by atoms with Gasteiger partial charge in [-0.2, -0.15) is 0 Å². The van der Waals surface area contributed by atoms with Crippen molar-refractivity contribution in [2.45, 2.75) is 33.4 Å². The fourth-order valence-corrected chi connectivity index (χ4v) is 6.33. The number of methoxy groups -OCH3 is 1. The number of rotatable bonds is 9. The average molecular weight is 647 g/mol. The van der Waals surface area contributed by atoms with E-state index >= 15 is 0 Å². The lowest BCUT2D eigenvalue weighted by atomic mass is 9.94. The molecule has 1 aliphatic heterocycles. The van der Waals surface area contributed by atoms with Gasteiger partial charge in [0.25, 0.3) is 11.5 Å². The minimum atomic E-state index is -0.665. The number of likely N-dealkylation sites (N-methyl/N-ethyl adjacent to an activating group) is 1. The predicted molar refractivity (Wildman–Crippen MR) is 170 cm³/mol. The van der Waals surface area contributed by atoms with Crippen LogP contribution in [0.3, 0.4) is 0 Å². The number of benzene rings is 3. The standard InChI is InChI=1S/C33H32BrN3O4S/c1-5-36(6-2)32(39)29-21(3)35-33-37(30(29)26-9-7-8-10-27(26)40-4)31(38)28(42-33)19-22-13-17-25(18-14-22)41-20-23-11-15-24(34)16-12-23/h7-19,30H,5-6,20H2,1-4H3/b28-19+/t30-/m1/s1. The average Bonchev–Trinajstić information content (AvgIpc) is 3.31. The van der Waals surface area contributed by atoms with E-state index in [2.05, 4.69) is 15.9 Å². The van der Waals surface area contributed by atoms with Crippen LogP contribution in [0.5, 0.6) is 11.5 Å². The third-order valence-corrected chi connectivity index (χ3v) is 8.74. The molecular formula is C33H32BrN3O4S. The van der Waals surface area contributed by atoms with E-state index in [9.17, 15) is 9.59 Å². The fraction of sp³-hybridized carbons (Fsp3) is 0.242. The molecule has 3 aromatic carbocycles. The maximum atomic E-state index is 14.0. The number of amides is 1. The summed E-state index contributed by atoms with van der Waals surface area (Å²) in [7, 11) is 1.59. The number of thiazole rings is 1. The van der Waals surface area contributed by atoms with Gasteiger partial charge >= 0.3 is 0 Å². The SMILES string of the molecule is CCN(CC)C(=O)C1=C(C)N=c2s/c(=C/c3ccc(OCc4ccc(Br)cc4)cc3)c(=O)n2[C@@H]1c1ccccc1OC. The van der Waals surface area contributed by atoms with Crippen LogP contribution in [-0.2, 0) is 11.4 Å². The highest BCUT2D eigenvalue weighted by Gasteiger charge is 2.35. The van der Waals surface area contributed by atoms with E-state index in [1.165, 1.54) is 11.3 Å². The maximum absolute atomic E-state index is 14.0. The van der Waals surface area contributed by atoms with Crippen molar-refractivity contribution >= 4 is 39.2 Å². The molecule has 7 nitrogen and oxygen atoms in total. The zero-order chi connectivity index (χ0) is 29.8. The third kappa shape index (κ3) is 5.98. The molecule has 4 aromatic rings. The first-order valence-electron chi connectivity index (χ1n) is 13.8. The molecule has 1 amide bonds. The lowest BCUT2D eigenvalue weighted by Crippen LogP contribution is -2.43. The number of fused-ring (bicyclic) bond motifs is 1. The van der Waals surface area contributed by atoms with Crippen LogP contribution in [0.1, 0.15) is 43.5 Å². The zero-order valence-corrected chi connectivity index (χ0v) is 26.4. The summed E-state index contributed by atoms with van der Waals surface area (Å²) in [5, 5.41) is 0. The van der Waals surface area contributed by atoms with Crippen molar-refractivity contribution in [2.24, 2.45) is 4.99 Å². The topological polar surface area (TPSA) is 73.1 Å². The highest BCUT2D eigenvalue weighted by molar-refractivity contribution is 9.10. The molecule has 0 saturated carbocycles. The quantitative estimate of drug-likeness (QED) is 0.243. The molecular weight excluding hydrogens is 614 g/mol. The highest BCUT2D eigenvalue weighted by Crippen LogP contribution is 2.36. The van der Waals surface area contributed by atoms with Crippen molar-refractivity contribution < 1.29 is 14.3 Å². The second kappa shape index (κ2) is 12.9. The predicted octanol–water partition coefficient (Wildman–Crippen LogP) is 5.45. The van der Waals surface area contributed by atoms with Gasteiger partial charge in [0.05, 0.1) is 22.9 Å². The van der Waals surface area contributed by atoms with E-state index in [0.29, 0.717) is 46.0 Å². The van der Waals surface area contributed by atoms with Gasteiger partial charge in [-0.1, -0.05) is 69.7 Å². The minimum absolute atomic E-state index is 0.134. The molecule has 1 aromatic heterocycles. The smallest absolute Gasteiger partial charge is 0.271 e. The van der Waals surface area contributed by atoms with Gasteiger partial charge in [-0.15, -0.1) is 0 Å². The second-order valence-corrected chi connectivity index (χ2v) is 11.7.